The van der Waals surface area contributed by atoms with E-state index >= 15 is 0 Å². The number of rotatable bonds is 4. The first-order valence-corrected chi connectivity index (χ1v) is 8.91. The molecule has 0 amide bonds. The predicted molar refractivity (Wildman–Crippen MR) is 65.6 cm³/mol. The first-order chi connectivity index (χ1) is 8.12. The summed E-state index contributed by atoms with van der Waals surface area (Å²) in [4.78, 5) is 0. The van der Waals surface area contributed by atoms with E-state index in [1.165, 1.54) is 24.3 Å². The molecule has 1 atom stereocenters. The van der Waals surface area contributed by atoms with Gasteiger partial charge in [0.1, 0.15) is 0 Å². The average molecular weight is 278 g/mol. The Bertz CT molecular complexity index is 387. The molecule has 0 spiro atoms. The zero-order valence-corrected chi connectivity index (χ0v) is 11.8. The van der Waals surface area contributed by atoms with Gasteiger partial charge in [-0.15, -0.1) is 0 Å². The van der Waals surface area contributed by atoms with Crippen LogP contribution in [0.1, 0.15) is 5.56 Å². The fourth-order valence-corrected chi connectivity index (χ4v) is 2.82. The van der Waals surface area contributed by atoms with Crippen LogP contribution in [0.3, 0.4) is 0 Å². The van der Waals surface area contributed by atoms with E-state index in [2.05, 4.69) is 0 Å². The normalized spacial score (nSPS) is 16.4. The van der Waals surface area contributed by atoms with Crippen LogP contribution in [0, 0.1) is 0 Å². The van der Waals surface area contributed by atoms with Gasteiger partial charge in [0, 0.05) is 12.7 Å². The lowest BCUT2D eigenvalue weighted by atomic mass is 10.1. The van der Waals surface area contributed by atoms with Gasteiger partial charge >= 0.3 is 6.18 Å². The van der Waals surface area contributed by atoms with Gasteiger partial charge in [-0.3, -0.25) is 0 Å². The lowest BCUT2D eigenvalue weighted by molar-refractivity contribution is -0.358. The number of benzene rings is 1. The molecule has 0 saturated heterocycles. The minimum absolute atomic E-state index is 0.0394. The zero-order valence-electron chi connectivity index (χ0n) is 10.8. The third-order valence-electron chi connectivity index (χ3n) is 2.26. The van der Waals surface area contributed by atoms with E-state index in [1.807, 2.05) is 0 Å². The summed E-state index contributed by atoms with van der Waals surface area (Å²) in [6, 6.07) is 7.42. The molecule has 0 heterocycles. The predicted octanol–water partition coefficient (Wildman–Crippen LogP) is 3.90. The maximum atomic E-state index is 13.4. The summed E-state index contributed by atoms with van der Waals surface area (Å²) in [5.74, 6) is -2.68. The van der Waals surface area contributed by atoms with Crippen molar-refractivity contribution in [3.8, 4) is 0 Å². The van der Waals surface area contributed by atoms with Crippen molar-refractivity contribution in [2.75, 3.05) is 7.11 Å². The van der Waals surface area contributed by atoms with Gasteiger partial charge < -0.3 is 9.16 Å². The van der Waals surface area contributed by atoms with Crippen molar-refractivity contribution in [1.82, 2.24) is 0 Å². The molecule has 2 nitrogen and oxygen atoms in total. The number of halogens is 3. The molecule has 0 radical (unpaired) electrons. The van der Waals surface area contributed by atoms with E-state index in [-0.39, 0.29) is 5.56 Å². The summed E-state index contributed by atoms with van der Waals surface area (Å²) in [5, 5.41) is 0. The van der Waals surface area contributed by atoms with Gasteiger partial charge in [-0.1, -0.05) is 30.3 Å². The first kappa shape index (κ1) is 15.2. The van der Waals surface area contributed by atoms with Crippen molar-refractivity contribution in [3.05, 3.63) is 35.9 Å². The maximum Gasteiger partial charge on any atom is 0.447 e. The fourth-order valence-electron chi connectivity index (χ4n) is 1.64. The van der Waals surface area contributed by atoms with Crippen molar-refractivity contribution >= 4 is 8.32 Å². The highest BCUT2D eigenvalue weighted by Gasteiger charge is 2.60. The smallest absolute Gasteiger partial charge is 0.380 e. The van der Waals surface area contributed by atoms with Crippen LogP contribution < -0.4 is 0 Å². The van der Waals surface area contributed by atoms with Crippen LogP contribution in [-0.2, 0) is 14.9 Å². The molecule has 18 heavy (non-hydrogen) atoms. The second kappa shape index (κ2) is 5.03. The molecule has 0 fully saturated rings. The lowest BCUT2D eigenvalue weighted by Gasteiger charge is -2.39. The van der Waals surface area contributed by atoms with Crippen molar-refractivity contribution in [2.24, 2.45) is 0 Å². The molecule has 0 saturated carbocycles. The third-order valence-corrected chi connectivity index (χ3v) is 3.16. The standard InChI is InChI=1S/C12H17F3O2Si/c1-16-11(12(13,14)15,17-18(2,3)4)10-8-6-5-7-9-10/h5-9H,1-4H3. The Kier molecular flexibility index (Phi) is 4.25. The molecular weight excluding hydrogens is 261 g/mol. The summed E-state index contributed by atoms with van der Waals surface area (Å²) in [7, 11) is -1.44. The van der Waals surface area contributed by atoms with Gasteiger partial charge in [0.25, 0.3) is 5.79 Å². The van der Waals surface area contributed by atoms with E-state index in [1.54, 1.807) is 25.7 Å². The molecule has 1 rings (SSSR count). The van der Waals surface area contributed by atoms with Gasteiger partial charge in [0.2, 0.25) is 0 Å². The van der Waals surface area contributed by atoms with E-state index in [0.717, 1.165) is 7.11 Å². The molecule has 0 aliphatic rings. The Morgan fingerprint density at radius 1 is 1.00 bits per heavy atom. The van der Waals surface area contributed by atoms with E-state index in [0.29, 0.717) is 0 Å². The maximum absolute atomic E-state index is 13.4. The number of methoxy groups -OCH3 is 1. The Balaban J connectivity index is 3.33. The quantitative estimate of drug-likeness (QED) is 0.614. The molecule has 102 valence electrons. The molecule has 1 unspecified atom stereocenters. The number of hydrogen-bond donors (Lipinski definition) is 0. The molecule has 1 aromatic rings. The molecule has 0 bridgehead atoms. The molecule has 6 heteroatoms. The summed E-state index contributed by atoms with van der Waals surface area (Å²) >= 11 is 0. The van der Waals surface area contributed by atoms with Gasteiger partial charge in [-0.05, 0) is 19.6 Å². The van der Waals surface area contributed by atoms with Crippen LogP contribution >= 0.6 is 0 Å². The van der Waals surface area contributed by atoms with Crippen molar-refractivity contribution in [2.45, 2.75) is 31.6 Å². The summed E-state index contributed by atoms with van der Waals surface area (Å²) in [5.41, 5.74) is -0.0394. The summed E-state index contributed by atoms with van der Waals surface area (Å²) < 4.78 is 50.2. The van der Waals surface area contributed by atoms with Crippen LogP contribution in [0.2, 0.25) is 19.6 Å². The molecule has 0 N–H and O–H groups in total. The summed E-state index contributed by atoms with van der Waals surface area (Å²) in [6.07, 6.45) is -4.64. The second-order valence-electron chi connectivity index (χ2n) is 4.90. The first-order valence-electron chi connectivity index (χ1n) is 5.50. The Morgan fingerprint density at radius 2 is 1.50 bits per heavy atom. The molecule has 0 aliphatic heterocycles. The number of hydrogen-bond acceptors (Lipinski definition) is 2. The lowest BCUT2D eigenvalue weighted by Crippen LogP contribution is -2.52. The topological polar surface area (TPSA) is 18.5 Å². The molecule has 0 aromatic heterocycles. The van der Waals surface area contributed by atoms with Crippen LogP contribution in [0.4, 0.5) is 13.2 Å². The highest BCUT2D eigenvalue weighted by molar-refractivity contribution is 6.69. The second-order valence-corrected chi connectivity index (χ2v) is 9.33. The fraction of sp³-hybridized carbons (Fsp3) is 0.500. The van der Waals surface area contributed by atoms with E-state index in [9.17, 15) is 13.2 Å². The molecule has 1 aromatic carbocycles. The van der Waals surface area contributed by atoms with Crippen LogP contribution in [0.25, 0.3) is 0 Å². The highest BCUT2D eigenvalue weighted by Crippen LogP contribution is 2.44. The Labute approximate surface area is 106 Å². The van der Waals surface area contributed by atoms with E-state index < -0.39 is 20.3 Å². The third kappa shape index (κ3) is 3.12. The van der Waals surface area contributed by atoms with Gasteiger partial charge in [0.05, 0.1) is 0 Å². The highest BCUT2D eigenvalue weighted by atomic mass is 28.4. The molecular formula is C12H17F3O2Si. The minimum Gasteiger partial charge on any atom is -0.380 e. The van der Waals surface area contributed by atoms with Crippen molar-refractivity contribution < 1.29 is 22.3 Å². The Morgan fingerprint density at radius 3 is 1.83 bits per heavy atom. The molecule has 0 aliphatic carbocycles. The van der Waals surface area contributed by atoms with Crippen LogP contribution in [-0.4, -0.2) is 21.6 Å². The minimum atomic E-state index is -4.64. The summed E-state index contributed by atoms with van der Waals surface area (Å²) in [6.45, 7) is 5.07. The SMILES string of the molecule is COC(O[Si](C)(C)C)(c1ccccc1)C(F)(F)F. The van der Waals surface area contributed by atoms with Gasteiger partial charge in [0.15, 0.2) is 8.32 Å². The monoisotopic (exact) mass is 278 g/mol. The zero-order chi connectivity index (χ0) is 14.0. The average Bonchev–Trinajstić information content (AvgIpc) is 2.24. The van der Waals surface area contributed by atoms with Crippen LogP contribution in [0.15, 0.2) is 30.3 Å². The Hall–Kier alpha value is -0.853. The van der Waals surface area contributed by atoms with Crippen LogP contribution in [0.5, 0.6) is 0 Å². The largest absolute Gasteiger partial charge is 0.447 e. The van der Waals surface area contributed by atoms with Gasteiger partial charge in [-0.25, -0.2) is 0 Å². The van der Waals surface area contributed by atoms with E-state index in [4.69, 9.17) is 9.16 Å². The van der Waals surface area contributed by atoms with Crippen molar-refractivity contribution in [3.63, 3.8) is 0 Å². The van der Waals surface area contributed by atoms with Gasteiger partial charge in [-0.2, -0.15) is 13.2 Å². The van der Waals surface area contributed by atoms with Crippen molar-refractivity contribution in [1.29, 1.82) is 0 Å². The number of ether oxygens (including phenoxy) is 1. The number of alkyl halides is 3.